The zero-order chi connectivity index (χ0) is 13.3. The lowest BCUT2D eigenvalue weighted by atomic mass is 9.92. The maximum Gasteiger partial charge on any atom is 0.232 e. The number of nitrogens with one attached hydrogen (secondary N) is 1. The summed E-state index contributed by atoms with van der Waals surface area (Å²) < 4.78 is 10.1. The van der Waals surface area contributed by atoms with Crippen LogP contribution in [0, 0.1) is 5.41 Å². The van der Waals surface area contributed by atoms with Gasteiger partial charge in [-0.15, -0.1) is 0 Å². The van der Waals surface area contributed by atoms with E-state index in [1.165, 1.54) is 0 Å². The number of methoxy groups -OCH3 is 1. The Hall–Kier alpha value is -0.720. The topological polar surface area (TPSA) is 73.6 Å². The predicted octanol–water partition coefficient (Wildman–Crippen LogP) is 0.468. The van der Waals surface area contributed by atoms with E-state index < -0.39 is 5.41 Å². The lowest BCUT2D eigenvalue weighted by Gasteiger charge is -2.21. The zero-order valence-electron chi connectivity index (χ0n) is 10.7. The largest absolute Gasteiger partial charge is 0.392 e. The van der Waals surface area contributed by atoms with Crippen LogP contribution in [0.1, 0.15) is 20.3 Å². The Morgan fingerprint density at radius 1 is 1.35 bits per heavy atom. The van der Waals surface area contributed by atoms with Crippen LogP contribution in [-0.4, -0.2) is 44.4 Å². The minimum Gasteiger partial charge on any atom is -0.392 e. The minimum absolute atomic E-state index is 0.151. The summed E-state index contributed by atoms with van der Waals surface area (Å²) in [5, 5.41) is 2.78. The van der Waals surface area contributed by atoms with Gasteiger partial charge in [-0.25, -0.2) is 0 Å². The molecule has 0 saturated heterocycles. The highest BCUT2D eigenvalue weighted by Crippen LogP contribution is 2.14. The van der Waals surface area contributed by atoms with E-state index in [0.29, 0.717) is 26.4 Å². The van der Waals surface area contributed by atoms with Gasteiger partial charge in [-0.05, 0) is 20.3 Å². The summed E-state index contributed by atoms with van der Waals surface area (Å²) in [7, 11) is 1.63. The summed E-state index contributed by atoms with van der Waals surface area (Å²) in [6, 6.07) is 0. The van der Waals surface area contributed by atoms with Crippen molar-refractivity contribution in [3.8, 4) is 0 Å². The Bertz CT molecular complexity index is 257. The van der Waals surface area contributed by atoms with E-state index in [-0.39, 0.29) is 10.9 Å². The summed E-state index contributed by atoms with van der Waals surface area (Å²) in [6.45, 7) is 5.72. The average molecular weight is 262 g/mol. The van der Waals surface area contributed by atoms with Gasteiger partial charge in [-0.2, -0.15) is 0 Å². The van der Waals surface area contributed by atoms with Crippen LogP contribution in [0.2, 0.25) is 0 Å². The molecule has 6 heteroatoms. The highest BCUT2D eigenvalue weighted by molar-refractivity contribution is 7.80. The molecule has 0 radical (unpaired) electrons. The maximum absolute atomic E-state index is 11.7. The van der Waals surface area contributed by atoms with Gasteiger partial charge in [0, 0.05) is 20.3 Å². The van der Waals surface area contributed by atoms with E-state index >= 15 is 0 Å². The van der Waals surface area contributed by atoms with Gasteiger partial charge in [0.15, 0.2) is 0 Å². The third-order valence-corrected chi connectivity index (χ3v) is 2.88. The number of carbonyl (C=O) groups excluding carboxylic acids is 1. The van der Waals surface area contributed by atoms with E-state index in [9.17, 15) is 4.79 Å². The number of ether oxygens (including phenoxy) is 2. The van der Waals surface area contributed by atoms with Crippen LogP contribution in [-0.2, 0) is 14.3 Å². The van der Waals surface area contributed by atoms with Gasteiger partial charge in [0.05, 0.1) is 23.6 Å². The third-order valence-electron chi connectivity index (χ3n) is 2.37. The first kappa shape index (κ1) is 16.3. The van der Waals surface area contributed by atoms with Crippen LogP contribution in [0.3, 0.4) is 0 Å². The van der Waals surface area contributed by atoms with Crippen molar-refractivity contribution in [1.82, 2.24) is 5.32 Å². The number of amides is 1. The summed E-state index contributed by atoms with van der Waals surface area (Å²) >= 11 is 4.84. The number of nitrogens with two attached hydrogens (primary N) is 1. The van der Waals surface area contributed by atoms with E-state index in [4.69, 9.17) is 27.4 Å². The van der Waals surface area contributed by atoms with E-state index in [1.807, 2.05) is 0 Å². The molecule has 0 bridgehead atoms. The molecule has 0 aliphatic rings. The molecule has 0 fully saturated rings. The van der Waals surface area contributed by atoms with Gasteiger partial charge in [0.1, 0.15) is 0 Å². The Morgan fingerprint density at radius 3 is 2.53 bits per heavy atom. The summed E-state index contributed by atoms with van der Waals surface area (Å²) in [5.41, 5.74) is 4.69. The summed E-state index contributed by atoms with van der Waals surface area (Å²) in [4.78, 5) is 11.9. The minimum atomic E-state index is -0.799. The highest BCUT2D eigenvalue weighted by atomic mass is 32.1. The number of carbonyl (C=O) groups is 1. The molecule has 1 amide bonds. The zero-order valence-corrected chi connectivity index (χ0v) is 11.6. The molecule has 0 aromatic carbocycles. The van der Waals surface area contributed by atoms with Crippen LogP contribution >= 0.6 is 12.2 Å². The van der Waals surface area contributed by atoms with Crippen molar-refractivity contribution in [3.05, 3.63) is 0 Å². The fraction of sp³-hybridized carbons (Fsp3) is 0.818. The molecule has 17 heavy (non-hydrogen) atoms. The molecule has 100 valence electrons. The standard InChI is InChI=1S/C11H22N2O3S/c1-11(2,9(12)17)10(14)13-5-4-6-16-8-7-15-3/h4-8H2,1-3H3,(H2,12,17)(H,13,14). The molecule has 0 aromatic heterocycles. The van der Waals surface area contributed by atoms with Gasteiger partial charge in [0.25, 0.3) is 0 Å². The number of rotatable bonds is 9. The van der Waals surface area contributed by atoms with Crippen molar-refractivity contribution in [2.24, 2.45) is 11.1 Å². The molecule has 0 aliphatic heterocycles. The summed E-state index contributed by atoms with van der Waals surface area (Å²) in [6.07, 6.45) is 0.753. The van der Waals surface area contributed by atoms with Crippen LogP contribution in [0.15, 0.2) is 0 Å². The maximum atomic E-state index is 11.7. The van der Waals surface area contributed by atoms with Crippen LogP contribution < -0.4 is 11.1 Å². The van der Waals surface area contributed by atoms with Crippen LogP contribution in [0.5, 0.6) is 0 Å². The van der Waals surface area contributed by atoms with Gasteiger partial charge in [0.2, 0.25) is 5.91 Å². The molecule has 0 rings (SSSR count). The van der Waals surface area contributed by atoms with E-state index in [2.05, 4.69) is 5.32 Å². The lowest BCUT2D eigenvalue weighted by Crippen LogP contribution is -2.45. The number of thiocarbonyl (C=S) groups is 1. The van der Waals surface area contributed by atoms with Crippen molar-refractivity contribution < 1.29 is 14.3 Å². The normalized spacial score (nSPS) is 11.2. The first-order valence-electron chi connectivity index (χ1n) is 5.57. The van der Waals surface area contributed by atoms with Gasteiger partial charge >= 0.3 is 0 Å². The third kappa shape index (κ3) is 6.55. The smallest absolute Gasteiger partial charge is 0.232 e. The second kappa shape index (κ2) is 8.38. The highest BCUT2D eigenvalue weighted by Gasteiger charge is 2.30. The second-order valence-electron chi connectivity index (χ2n) is 4.20. The molecule has 0 aliphatic carbocycles. The Kier molecular flexibility index (Phi) is 8.03. The monoisotopic (exact) mass is 262 g/mol. The van der Waals surface area contributed by atoms with E-state index in [1.54, 1.807) is 21.0 Å². The van der Waals surface area contributed by atoms with Gasteiger partial charge in [-0.1, -0.05) is 12.2 Å². The van der Waals surface area contributed by atoms with Crippen molar-refractivity contribution in [3.63, 3.8) is 0 Å². The average Bonchev–Trinajstić information content (AvgIpc) is 2.27. The van der Waals surface area contributed by atoms with Crippen molar-refractivity contribution >= 4 is 23.1 Å². The van der Waals surface area contributed by atoms with Gasteiger partial charge < -0.3 is 20.5 Å². The van der Waals surface area contributed by atoms with Crippen molar-refractivity contribution in [2.75, 3.05) is 33.5 Å². The molecule has 5 nitrogen and oxygen atoms in total. The molecular weight excluding hydrogens is 240 g/mol. The number of hydrogen-bond acceptors (Lipinski definition) is 4. The Labute approximate surface area is 108 Å². The molecule has 0 spiro atoms. The second-order valence-corrected chi connectivity index (χ2v) is 4.64. The quantitative estimate of drug-likeness (QED) is 0.467. The molecule has 0 saturated carbocycles. The lowest BCUT2D eigenvalue weighted by molar-refractivity contribution is -0.126. The molecule has 0 aromatic rings. The van der Waals surface area contributed by atoms with E-state index in [0.717, 1.165) is 6.42 Å². The van der Waals surface area contributed by atoms with Crippen molar-refractivity contribution in [2.45, 2.75) is 20.3 Å². The molecule has 0 unspecified atom stereocenters. The Morgan fingerprint density at radius 2 is 2.00 bits per heavy atom. The molecular formula is C11H22N2O3S. The van der Waals surface area contributed by atoms with Crippen LogP contribution in [0.4, 0.5) is 0 Å². The molecule has 0 atom stereocenters. The summed E-state index contributed by atoms with van der Waals surface area (Å²) in [5.74, 6) is -0.151. The van der Waals surface area contributed by atoms with Gasteiger partial charge in [-0.3, -0.25) is 4.79 Å². The SMILES string of the molecule is COCCOCCCNC(=O)C(C)(C)C(N)=S. The first-order valence-corrected chi connectivity index (χ1v) is 5.98. The van der Waals surface area contributed by atoms with Crippen molar-refractivity contribution in [1.29, 1.82) is 0 Å². The number of hydrogen-bond donors (Lipinski definition) is 2. The molecule has 0 heterocycles. The fourth-order valence-electron chi connectivity index (χ4n) is 0.953. The molecule has 3 N–H and O–H groups in total. The van der Waals surface area contributed by atoms with Crippen LogP contribution in [0.25, 0.3) is 0 Å². The fourth-order valence-corrected chi connectivity index (χ4v) is 1.05. The predicted molar refractivity (Wildman–Crippen MR) is 70.9 cm³/mol. The first-order chi connectivity index (χ1) is 7.92. The Balaban J connectivity index is 3.62.